The van der Waals surface area contributed by atoms with Crippen molar-refractivity contribution in [2.45, 2.75) is 4.90 Å². The molecule has 0 aliphatic heterocycles. The lowest BCUT2D eigenvalue weighted by atomic mass is 10.1. The summed E-state index contributed by atoms with van der Waals surface area (Å²) in [6.45, 7) is 0. The van der Waals surface area contributed by atoms with Gasteiger partial charge in [0, 0.05) is 10.1 Å². The number of rotatable bonds is 6. The molecule has 9 heteroatoms. The van der Waals surface area contributed by atoms with Crippen molar-refractivity contribution in [2.24, 2.45) is 0 Å². The minimum absolute atomic E-state index is 0.00739. The molecule has 1 heterocycles. The number of fused-ring (bicyclic) bond motifs is 1. The number of nitrogens with one attached hydrogen (secondary N) is 1. The molecule has 0 atom stereocenters. The quantitative estimate of drug-likeness (QED) is 0.617. The Labute approximate surface area is 165 Å². The van der Waals surface area contributed by atoms with E-state index in [0.717, 1.165) is 4.70 Å². The molecule has 1 N–H and O–H groups in total. The first kappa shape index (κ1) is 19.8. The highest BCUT2D eigenvalue weighted by Crippen LogP contribution is 2.36. The average Bonchev–Trinajstić information content (AvgIpc) is 3.04. The number of esters is 1. The van der Waals surface area contributed by atoms with Crippen LogP contribution in [0.4, 0.5) is 5.00 Å². The van der Waals surface area contributed by atoms with E-state index in [4.69, 9.17) is 9.47 Å². The van der Waals surface area contributed by atoms with Gasteiger partial charge in [0.15, 0.2) is 9.84 Å². The molecule has 3 aromatic rings. The summed E-state index contributed by atoms with van der Waals surface area (Å²) in [4.78, 5) is 24.6. The van der Waals surface area contributed by atoms with Crippen LogP contribution in [0.3, 0.4) is 0 Å². The van der Waals surface area contributed by atoms with E-state index in [1.54, 1.807) is 24.3 Å². The average molecular weight is 419 g/mol. The van der Waals surface area contributed by atoms with E-state index >= 15 is 0 Å². The Hall–Kier alpha value is -2.91. The highest BCUT2D eigenvalue weighted by molar-refractivity contribution is 7.92. The number of carbonyl (C=O) groups is 2. The van der Waals surface area contributed by atoms with E-state index in [1.165, 1.54) is 49.8 Å². The molecule has 28 heavy (non-hydrogen) atoms. The summed E-state index contributed by atoms with van der Waals surface area (Å²) < 4.78 is 35.6. The van der Waals surface area contributed by atoms with Crippen LogP contribution in [0, 0.1) is 0 Å². The van der Waals surface area contributed by atoms with E-state index in [0.29, 0.717) is 11.1 Å². The van der Waals surface area contributed by atoms with Gasteiger partial charge in [-0.05, 0) is 30.3 Å². The smallest absolute Gasteiger partial charge is 0.341 e. The number of ether oxygens (including phenoxy) is 2. The molecule has 0 spiro atoms. The molecular formula is C19H17NO6S2. The predicted octanol–water partition coefficient (Wildman–Crippen LogP) is 3.11. The Morgan fingerprint density at radius 3 is 2.36 bits per heavy atom. The summed E-state index contributed by atoms with van der Waals surface area (Å²) >= 11 is 1.18. The molecule has 2 aromatic carbocycles. The van der Waals surface area contributed by atoms with Crippen molar-refractivity contribution >= 4 is 48.1 Å². The highest BCUT2D eigenvalue weighted by atomic mass is 32.2. The summed E-state index contributed by atoms with van der Waals surface area (Å²) in [7, 11) is -1.13. The van der Waals surface area contributed by atoms with Gasteiger partial charge in [-0.2, -0.15) is 0 Å². The molecule has 0 bridgehead atoms. The van der Waals surface area contributed by atoms with Crippen LogP contribution in [0.2, 0.25) is 0 Å². The number of sulfone groups is 1. The van der Waals surface area contributed by atoms with Crippen LogP contribution in [-0.4, -0.2) is 40.3 Å². The Morgan fingerprint density at radius 1 is 1.04 bits per heavy atom. The number of hydrogen-bond acceptors (Lipinski definition) is 7. The number of anilines is 1. The van der Waals surface area contributed by atoms with Crippen LogP contribution in [-0.2, 0) is 19.4 Å². The molecule has 3 rings (SSSR count). The van der Waals surface area contributed by atoms with Gasteiger partial charge in [0.1, 0.15) is 22.1 Å². The van der Waals surface area contributed by atoms with Crippen molar-refractivity contribution in [1.82, 2.24) is 0 Å². The fraction of sp³-hybridized carbons (Fsp3) is 0.158. The van der Waals surface area contributed by atoms with E-state index in [2.05, 4.69) is 5.32 Å². The topological polar surface area (TPSA) is 98.8 Å². The summed E-state index contributed by atoms with van der Waals surface area (Å²) in [6, 6.07) is 12.9. The van der Waals surface area contributed by atoms with Crippen molar-refractivity contribution in [3.8, 4) is 5.75 Å². The molecule has 1 amide bonds. The second-order valence-corrected chi connectivity index (χ2v) is 8.82. The maximum atomic E-state index is 12.5. The molecule has 0 radical (unpaired) electrons. The maximum absolute atomic E-state index is 12.5. The Balaban J connectivity index is 1.85. The van der Waals surface area contributed by atoms with Crippen molar-refractivity contribution in [3.63, 3.8) is 0 Å². The molecule has 0 aliphatic rings. The molecule has 0 fully saturated rings. The maximum Gasteiger partial charge on any atom is 0.341 e. The van der Waals surface area contributed by atoms with Gasteiger partial charge in [-0.1, -0.05) is 18.2 Å². The van der Waals surface area contributed by atoms with Crippen LogP contribution in [0.25, 0.3) is 10.1 Å². The molecule has 0 saturated carbocycles. The van der Waals surface area contributed by atoms with Gasteiger partial charge in [0.25, 0.3) is 0 Å². The Bertz CT molecular complexity index is 1130. The van der Waals surface area contributed by atoms with Crippen LogP contribution < -0.4 is 10.1 Å². The first-order chi connectivity index (χ1) is 13.4. The summed E-state index contributed by atoms with van der Waals surface area (Å²) in [5.74, 6) is -1.59. The lowest BCUT2D eigenvalue weighted by Crippen LogP contribution is -2.23. The van der Waals surface area contributed by atoms with Gasteiger partial charge in [-0.25, -0.2) is 13.2 Å². The van der Waals surface area contributed by atoms with Gasteiger partial charge in [-0.3, -0.25) is 4.79 Å². The number of methoxy groups -OCH3 is 2. The lowest BCUT2D eigenvalue weighted by Gasteiger charge is -2.07. The van der Waals surface area contributed by atoms with Crippen LogP contribution in [0.5, 0.6) is 5.75 Å². The van der Waals surface area contributed by atoms with E-state index in [9.17, 15) is 18.0 Å². The predicted molar refractivity (Wildman–Crippen MR) is 107 cm³/mol. The molecular weight excluding hydrogens is 402 g/mol. The van der Waals surface area contributed by atoms with Gasteiger partial charge in [0.2, 0.25) is 5.91 Å². The monoisotopic (exact) mass is 419 g/mol. The van der Waals surface area contributed by atoms with Crippen LogP contribution in [0.1, 0.15) is 10.4 Å². The number of benzene rings is 2. The zero-order valence-corrected chi connectivity index (χ0v) is 16.7. The number of amides is 1. The SMILES string of the molecule is COC(=O)c1c(NC(=O)CS(=O)(=O)c2ccc(OC)cc2)sc2ccccc12. The second-order valence-electron chi connectivity index (χ2n) is 5.78. The van der Waals surface area contributed by atoms with E-state index in [-0.39, 0.29) is 15.5 Å². The third-order valence-corrected chi connectivity index (χ3v) is 6.70. The first-order valence-electron chi connectivity index (χ1n) is 8.12. The largest absolute Gasteiger partial charge is 0.497 e. The molecule has 0 saturated heterocycles. The molecule has 1 aromatic heterocycles. The lowest BCUT2D eigenvalue weighted by molar-refractivity contribution is -0.113. The van der Waals surface area contributed by atoms with E-state index in [1.807, 2.05) is 0 Å². The Kier molecular flexibility index (Phi) is 5.66. The summed E-state index contributed by atoms with van der Waals surface area (Å²) in [5, 5.41) is 3.42. The zero-order chi connectivity index (χ0) is 20.3. The van der Waals surface area contributed by atoms with Crippen molar-refractivity contribution in [2.75, 3.05) is 25.3 Å². The zero-order valence-electron chi connectivity index (χ0n) is 15.1. The standard InChI is InChI=1S/C19H17NO6S2/c1-25-12-7-9-13(10-8-12)28(23,24)11-16(21)20-18-17(19(22)26-2)14-5-3-4-6-15(14)27-18/h3-10H,11H2,1-2H3,(H,20,21). The summed E-state index contributed by atoms with van der Waals surface area (Å²) in [5.41, 5.74) is 0.207. The second kappa shape index (κ2) is 7.99. The van der Waals surface area contributed by atoms with Crippen LogP contribution >= 0.6 is 11.3 Å². The third-order valence-electron chi connectivity index (χ3n) is 3.98. The number of thiophene rings is 1. The normalized spacial score (nSPS) is 11.2. The number of carbonyl (C=O) groups excluding carboxylic acids is 2. The first-order valence-corrected chi connectivity index (χ1v) is 10.6. The Morgan fingerprint density at radius 2 is 1.71 bits per heavy atom. The molecule has 7 nitrogen and oxygen atoms in total. The van der Waals surface area contributed by atoms with Gasteiger partial charge in [-0.15, -0.1) is 11.3 Å². The van der Waals surface area contributed by atoms with Crippen molar-refractivity contribution in [1.29, 1.82) is 0 Å². The van der Waals surface area contributed by atoms with Gasteiger partial charge >= 0.3 is 5.97 Å². The molecule has 0 unspecified atom stereocenters. The van der Waals surface area contributed by atoms with E-state index < -0.39 is 27.5 Å². The summed E-state index contributed by atoms with van der Waals surface area (Å²) in [6.07, 6.45) is 0. The highest BCUT2D eigenvalue weighted by Gasteiger charge is 2.24. The third kappa shape index (κ3) is 4.00. The van der Waals surface area contributed by atoms with Crippen LogP contribution in [0.15, 0.2) is 53.4 Å². The minimum Gasteiger partial charge on any atom is -0.497 e. The molecule has 146 valence electrons. The fourth-order valence-corrected chi connectivity index (χ4v) is 4.88. The van der Waals surface area contributed by atoms with Crippen molar-refractivity contribution < 1.29 is 27.5 Å². The van der Waals surface area contributed by atoms with Gasteiger partial charge < -0.3 is 14.8 Å². The minimum atomic E-state index is -3.85. The molecule has 0 aliphatic carbocycles. The van der Waals surface area contributed by atoms with Gasteiger partial charge in [0.05, 0.1) is 19.1 Å². The number of hydrogen-bond donors (Lipinski definition) is 1. The van der Waals surface area contributed by atoms with Crippen molar-refractivity contribution in [3.05, 3.63) is 54.1 Å². The fourth-order valence-electron chi connectivity index (χ4n) is 2.64.